The minimum absolute atomic E-state index is 0.102. The number of rotatable bonds is 3. The van der Waals surface area contributed by atoms with E-state index in [1.165, 1.54) is 44.1 Å². The Labute approximate surface area is 179 Å². The molecular weight excluding hydrogens is 376 g/mol. The Balaban J connectivity index is 1.73. The topological polar surface area (TPSA) is 47.9 Å². The van der Waals surface area contributed by atoms with Gasteiger partial charge in [0, 0.05) is 34.6 Å². The molecule has 2 atom stereocenters. The van der Waals surface area contributed by atoms with Crippen molar-refractivity contribution in [2.45, 2.75) is 68.8 Å². The molecule has 30 heavy (non-hydrogen) atoms. The fourth-order valence-corrected chi connectivity index (χ4v) is 6.67. The van der Waals surface area contributed by atoms with Crippen molar-refractivity contribution in [2.24, 2.45) is 5.92 Å². The summed E-state index contributed by atoms with van der Waals surface area (Å²) in [7, 11) is 3.34. The van der Waals surface area contributed by atoms with E-state index in [4.69, 9.17) is 14.2 Å². The third-order valence-corrected chi connectivity index (χ3v) is 7.94. The number of methoxy groups -OCH3 is 2. The second kappa shape index (κ2) is 7.40. The molecule has 0 aromatic heterocycles. The summed E-state index contributed by atoms with van der Waals surface area (Å²) in [6.07, 6.45) is 10.6. The Morgan fingerprint density at radius 1 is 0.833 bits per heavy atom. The van der Waals surface area contributed by atoms with Crippen LogP contribution in [0.1, 0.15) is 68.9 Å². The first kappa shape index (κ1) is 19.6. The van der Waals surface area contributed by atoms with Crippen molar-refractivity contribution in [3.63, 3.8) is 0 Å². The van der Waals surface area contributed by atoms with Gasteiger partial charge >= 0.3 is 0 Å². The first-order chi connectivity index (χ1) is 14.6. The van der Waals surface area contributed by atoms with Crippen LogP contribution in [-0.2, 0) is 11.0 Å². The Hall–Kier alpha value is -2.36. The molecule has 0 unspecified atom stereocenters. The zero-order chi connectivity index (χ0) is 20.8. The van der Waals surface area contributed by atoms with Gasteiger partial charge < -0.3 is 19.3 Å². The van der Waals surface area contributed by atoms with Crippen molar-refractivity contribution in [1.29, 1.82) is 0 Å². The average Bonchev–Trinajstić information content (AvgIpc) is 2.79. The molecule has 0 saturated heterocycles. The van der Waals surface area contributed by atoms with Crippen molar-refractivity contribution >= 4 is 0 Å². The lowest BCUT2D eigenvalue weighted by atomic mass is 9.51. The lowest BCUT2D eigenvalue weighted by molar-refractivity contribution is -0.0960. The quantitative estimate of drug-likeness (QED) is 0.668. The molecular formula is C26H32O4. The standard InChI is InChI=1S/C26H32O4/c1-28-18-9-11-20(22(27)16-18)26-15-7-4-8-24(26)25(13-5-3-6-14-25)21-12-10-19(29-2)17-23(21)30-26/h9-12,16-17,24,27H,3-8,13-15H2,1-2H3/t24-,26-/m1/s1. The third kappa shape index (κ3) is 2.79. The van der Waals surface area contributed by atoms with Crippen LogP contribution in [0.3, 0.4) is 0 Å². The molecule has 2 fully saturated rings. The summed E-state index contributed by atoms with van der Waals surface area (Å²) in [6, 6.07) is 12.1. The normalized spacial score (nSPS) is 26.9. The smallest absolute Gasteiger partial charge is 0.141 e. The van der Waals surface area contributed by atoms with E-state index >= 15 is 0 Å². The highest BCUT2D eigenvalue weighted by atomic mass is 16.5. The van der Waals surface area contributed by atoms with Gasteiger partial charge in [-0.15, -0.1) is 0 Å². The van der Waals surface area contributed by atoms with E-state index in [2.05, 4.69) is 18.2 Å². The zero-order valence-corrected chi connectivity index (χ0v) is 18.1. The van der Waals surface area contributed by atoms with E-state index in [1.807, 2.05) is 12.1 Å². The largest absolute Gasteiger partial charge is 0.507 e. The van der Waals surface area contributed by atoms with Crippen LogP contribution in [-0.4, -0.2) is 19.3 Å². The molecule has 160 valence electrons. The molecule has 0 amide bonds. The van der Waals surface area contributed by atoms with Crippen molar-refractivity contribution in [1.82, 2.24) is 0 Å². The summed E-state index contributed by atoms with van der Waals surface area (Å²) in [5.41, 5.74) is 1.85. The molecule has 5 rings (SSSR count). The maximum absolute atomic E-state index is 11.1. The van der Waals surface area contributed by atoms with E-state index < -0.39 is 5.60 Å². The van der Waals surface area contributed by atoms with E-state index in [0.717, 1.165) is 36.3 Å². The number of aromatic hydroxyl groups is 1. The van der Waals surface area contributed by atoms with E-state index in [0.29, 0.717) is 11.7 Å². The molecule has 1 spiro atoms. The van der Waals surface area contributed by atoms with Gasteiger partial charge in [-0.05, 0) is 50.3 Å². The molecule has 2 saturated carbocycles. The SMILES string of the molecule is COc1ccc([C@]23CCCC[C@@H]2C2(CCCCC2)c2ccc(OC)cc2O3)c(O)c1. The summed E-state index contributed by atoms with van der Waals surface area (Å²) in [5, 5.41) is 11.1. The highest BCUT2D eigenvalue weighted by molar-refractivity contribution is 5.52. The molecule has 1 aliphatic heterocycles. The van der Waals surface area contributed by atoms with E-state index in [1.54, 1.807) is 20.3 Å². The van der Waals surface area contributed by atoms with Gasteiger partial charge in [0.15, 0.2) is 0 Å². The summed E-state index contributed by atoms with van der Waals surface area (Å²) in [5.74, 6) is 3.07. The fourth-order valence-electron chi connectivity index (χ4n) is 6.67. The van der Waals surface area contributed by atoms with Crippen LogP contribution in [0.15, 0.2) is 36.4 Å². The predicted octanol–water partition coefficient (Wildman–Crippen LogP) is 6.09. The van der Waals surface area contributed by atoms with Gasteiger partial charge in [0.25, 0.3) is 0 Å². The highest BCUT2D eigenvalue weighted by Gasteiger charge is 2.59. The molecule has 3 aliphatic rings. The van der Waals surface area contributed by atoms with Crippen LogP contribution in [0.25, 0.3) is 0 Å². The summed E-state index contributed by atoms with van der Waals surface area (Å²) < 4.78 is 17.8. The third-order valence-electron chi connectivity index (χ3n) is 7.94. The van der Waals surface area contributed by atoms with Crippen LogP contribution < -0.4 is 14.2 Å². The predicted molar refractivity (Wildman–Crippen MR) is 117 cm³/mol. The summed E-state index contributed by atoms with van der Waals surface area (Å²) in [6.45, 7) is 0. The van der Waals surface area contributed by atoms with E-state index in [-0.39, 0.29) is 11.2 Å². The van der Waals surface area contributed by atoms with Crippen LogP contribution in [0.2, 0.25) is 0 Å². The van der Waals surface area contributed by atoms with Crippen LogP contribution in [0, 0.1) is 5.92 Å². The van der Waals surface area contributed by atoms with Crippen LogP contribution in [0.5, 0.6) is 23.0 Å². The molecule has 2 aliphatic carbocycles. The van der Waals surface area contributed by atoms with Gasteiger partial charge in [0.05, 0.1) is 14.2 Å². The number of phenolic OH excluding ortho intramolecular Hbond substituents is 1. The van der Waals surface area contributed by atoms with Gasteiger partial charge in [0.1, 0.15) is 28.6 Å². The molecule has 1 heterocycles. The van der Waals surface area contributed by atoms with Gasteiger partial charge in [-0.3, -0.25) is 0 Å². The number of hydrogen-bond acceptors (Lipinski definition) is 4. The van der Waals surface area contributed by atoms with Crippen molar-refractivity contribution in [3.05, 3.63) is 47.5 Å². The molecule has 2 aromatic carbocycles. The lowest BCUT2D eigenvalue weighted by Crippen LogP contribution is -2.57. The number of fused-ring (bicyclic) bond motifs is 4. The first-order valence-corrected chi connectivity index (χ1v) is 11.4. The molecule has 4 nitrogen and oxygen atoms in total. The highest BCUT2D eigenvalue weighted by Crippen LogP contribution is 2.64. The molecule has 0 radical (unpaired) electrons. The number of phenols is 1. The van der Waals surface area contributed by atoms with Crippen molar-refractivity contribution < 1.29 is 19.3 Å². The fraction of sp³-hybridized carbons (Fsp3) is 0.538. The maximum Gasteiger partial charge on any atom is 0.141 e. The molecule has 1 N–H and O–H groups in total. The number of benzene rings is 2. The first-order valence-electron chi connectivity index (χ1n) is 11.4. The van der Waals surface area contributed by atoms with Gasteiger partial charge in [-0.2, -0.15) is 0 Å². The van der Waals surface area contributed by atoms with Gasteiger partial charge in [0.2, 0.25) is 0 Å². The van der Waals surface area contributed by atoms with Crippen molar-refractivity contribution in [3.8, 4) is 23.0 Å². The monoisotopic (exact) mass is 408 g/mol. The lowest BCUT2D eigenvalue weighted by Gasteiger charge is -2.58. The second-order valence-electron chi connectivity index (χ2n) is 9.25. The van der Waals surface area contributed by atoms with Crippen molar-refractivity contribution in [2.75, 3.05) is 14.2 Å². The number of hydrogen-bond donors (Lipinski definition) is 1. The van der Waals surface area contributed by atoms with Crippen LogP contribution in [0.4, 0.5) is 0 Å². The minimum atomic E-state index is -0.509. The maximum atomic E-state index is 11.1. The molecule has 2 aromatic rings. The Kier molecular flexibility index (Phi) is 4.83. The summed E-state index contributed by atoms with van der Waals surface area (Å²) >= 11 is 0. The second-order valence-corrected chi connectivity index (χ2v) is 9.25. The average molecular weight is 409 g/mol. The van der Waals surface area contributed by atoms with E-state index in [9.17, 15) is 5.11 Å². The van der Waals surface area contributed by atoms with Gasteiger partial charge in [-0.25, -0.2) is 0 Å². The Morgan fingerprint density at radius 2 is 1.50 bits per heavy atom. The zero-order valence-electron chi connectivity index (χ0n) is 18.1. The number of ether oxygens (including phenoxy) is 3. The minimum Gasteiger partial charge on any atom is -0.507 e. The van der Waals surface area contributed by atoms with Crippen LogP contribution >= 0.6 is 0 Å². The molecule has 4 heteroatoms. The summed E-state index contributed by atoms with van der Waals surface area (Å²) in [4.78, 5) is 0. The Morgan fingerprint density at radius 3 is 2.20 bits per heavy atom. The van der Waals surface area contributed by atoms with Gasteiger partial charge in [-0.1, -0.05) is 31.7 Å². The Bertz CT molecular complexity index is 931. The molecule has 0 bridgehead atoms.